The molecule has 0 N–H and O–H groups in total. The van der Waals surface area contributed by atoms with Crippen LogP contribution in [0.5, 0.6) is 0 Å². The molecule has 0 spiro atoms. The molecule has 2 rings (SSSR count). The van der Waals surface area contributed by atoms with Gasteiger partial charge in [-0.1, -0.05) is 13.8 Å². The van der Waals surface area contributed by atoms with Gasteiger partial charge >= 0.3 is 8.80 Å². The minimum Gasteiger partial charge on any atom is -0.379 e. The predicted octanol–water partition coefficient (Wildman–Crippen LogP) is 1.83. The van der Waals surface area contributed by atoms with Gasteiger partial charge in [0.2, 0.25) is 0 Å². The summed E-state index contributed by atoms with van der Waals surface area (Å²) in [5.74, 6) is 0. The van der Waals surface area contributed by atoms with Crippen molar-refractivity contribution in [3.8, 4) is 0 Å². The zero-order valence-corrected chi connectivity index (χ0v) is 16.8. The summed E-state index contributed by atoms with van der Waals surface area (Å²) in [7, 11) is -2.54. The first kappa shape index (κ1) is 20.3. The van der Waals surface area contributed by atoms with E-state index in [0.29, 0.717) is 13.2 Å². The van der Waals surface area contributed by atoms with Gasteiger partial charge in [0, 0.05) is 52.0 Å². The Morgan fingerprint density at radius 2 is 2.00 bits per heavy atom. The Morgan fingerprint density at radius 1 is 1.17 bits per heavy atom. The lowest BCUT2D eigenvalue weighted by Crippen LogP contribution is -2.52. The molecule has 2 bridgehead atoms. The number of hydrogen-bond acceptors (Lipinski definition) is 6. The molecule has 24 heavy (non-hydrogen) atoms. The molecule has 0 aromatic heterocycles. The second kappa shape index (κ2) is 10.9. The standard InChI is InChI=1S/C17H36N2O4Si/c1-4-18(5-2)10-11-19-9-7-13-22-24(21-6-3)14-8-12-20-16-17(15-19)23-24/h17H,4-16H2,1-3H3. The molecule has 0 saturated carbocycles. The lowest BCUT2D eigenvalue weighted by atomic mass is 10.3. The molecule has 2 atom stereocenters. The second-order valence-electron chi connectivity index (χ2n) is 6.56. The summed E-state index contributed by atoms with van der Waals surface area (Å²) in [5.41, 5.74) is 0. The van der Waals surface area contributed by atoms with Crippen molar-refractivity contribution in [3.05, 3.63) is 0 Å². The van der Waals surface area contributed by atoms with E-state index in [1.165, 1.54) is 0 Å². The average molecular weight is 361 g/mol. The summed E-state index contributed by atoms with van der Waals surface area (Å²) in [6.07, 6.45) is 2.06. The quantitative estimate of drug-likeness (QED) is 0.646. The fourth-order valence-electron chi connectivity index (χ4n) is 3.44. The molecule has 0 radical (unpaired) electrons. The summed E-state index contributed by atoms with van der Waals surface area (Å²) in [4.78, 5) is 4.98. The van der Waals surface area contributed by atoms with Gasteiger partial charge in [-0.15, -0.1) is 0 Å². The van der Waals surface area contributed by atoms with Crippen LogP contribution in [0.25, 0.3) is 0 Å². The van der Waals surface area contributed by atoms with Crippen molar-refractivity contribution in [2.45, 2.75) is 45.8 Å². The van der Waals surface area contributed by atoms with Crippen LogP contribution in [-0.2, 0) is 18.0 Å². The van der Waals surface area contributed by atoms with E-state index in [-0.39, 0.29) is 6.10 Å². The lowest BCUT2D eigenvalue weighted by Gasteiger charge is -2.35. The minimum absolute atomic E-state index is 0.0540. The van der Waals surface area contributed by atoms with Crippen LogP contribution in [0.1, 0.15) is 33.6 Å². The number of rotatable bonds is 7. The van der Waals surface area contributed by atoms with Crippen LogP contribution in [0.3, 0.4) is 0 Å². The summed E-state index contributed by atoms with van der Waals surface area (Å²) in [5, 5.41) is 0. The lowest BCUT2D eigenvalue weighted by molar-refractivity contribution is -0.0306. The van der Waals surface area contributed by atoms with Crippen molar-refractivity contribution < 1.29 is 18.0 Å². The monoisotopic (exact) mass is 360 g/mol. The zero-order valence-electron chi connectivity index (χ0n) is 15.8. The van der Waals surface area contributed by atoms with Crippen molar-refractivity contribution >= 4 is 8.80 Å². The van der Waals surface area contributed by atoms with Gasteiger partial charge in [0.25, 0.3) is 0 Å². The van der Waals surface area contributed by atoms with E-state index < -0.39 is 8.80 Å². The first-order chi connectivity index (χ1) is 11.7. The van der Waals surface area contributed by atoms with Gasteiger partial charge in [0.1, 0.15) is 0 Å². The number of ether oxygens (including phenoxy) is 1. The van der Waals surface area contributed by atoms with Crippen LogP contribution in [-0.4, -0.2) is 90.4 Å². The molecule has 2 saturated heterocycles. The SMILES string of the molecule is CCO[Si]12CCCOCC(CN(CCN(CC)CC)CCCO1)O2. The van der Waals surface area contributed by atoms with E-state index in [4.69, 9.17) is 18.0 Å². The highest BCUT2D eigenvalue weighted by atomic mass is 28.4. The predicted molar refractivity (Wildman–Crippen MR) is 97.3 cm³/mol. The van der Waals surface area contributed by atoms with E-state index in [0.717, 1.165) is 71.4 Å². The van der Waals surface area contributed by atoms with Crippen molar-refractivity contribution in [1.29, 1.82) is 0 Å². The van der Waals surface area contributed by atoms with Crippen molar-refractivity contribution in [2.24, 2.45) is 0 Å². The fourth-order valence-corrected chi connectivity index (χ4v) is 6.19. The number of likely N-dealkylation sites (N-methyl/N-ethyl adjacent to an activating group) is 1. The van der Waals surface area contributed by atoms with Crippen LogP contribution in [0.4, 0.5) is 0 Å². The van der Waals surface area contributed by atoms with Gasteiger partial charge in [0.05, 0.1) is 12.7 Å². The molecule has 7 heteroatoms. The molecule has 142 valence electrons. The molecule has 0 aromatic rings. The Morgan fingerprint density at radius 3 is 2.75 bits per heavy atom. The van der Waals surface area contributed by atoms with Gasteiger partial charge in [-0.05, 0) is 32.9 Å². The van der Waals surface area contributed by atoms with E-state index in [1.54, 1.807) is 0 Å². The van der Waals surface area contributed by atoms with Gasteiger partial charge in [-0.3, -0.25) is 4.90 Å². The maximum Gasteiger partial charge on any atom is 0.501 e. The molecule has 0 amide bonds. The number of nitrogens with zero attached hydrogens (tertiary/aromatic N) is 2. The van der Waals surface area contributed by atoms with Crippen LogP contribution in [0.2, 0.25) is 6.04 Å². The maximum atomic E-state index is 6.44. The van der Waals surface area contributed by atoms with Crippen LogP contribution in [0.15, 0.2) is 0 Å². The fraction of sp³-hybridized carbons (Fsp3) is 1.00. The van der Waals surface area contributed by atoms with Gasteiger partial charge in [0.15, 0.2) is 0 Å². The van der Waals surface area contributed by atoms with Crippen molar-refractivity contribution in [3.63, 3.8) is 0 Å². The van der Waals surface area contributed by atoms with Crippen LogP contribution in [0, 0.1) is 0 Å². The van der Waals surface area contributed by atoms with E-state index in [2.05, 4.69) is 23.6 Å². The first-order valence-electron chi connectivity index (χ1n) is 9.69. The molecule has 2 fully saturated rings. The van der Waals surface area contributed by atoms with E-state index in [1.807, 2.05) is 6.92 Å². The number of fused-ring (bicyclic) bond motifs is 2. The highest BCUT2D eigenvalue weighted by Crippen LogP contribution is 2.24. The van der Waals surface area contributed by atoms with Crippen molar-refractivity contribution in [2.75, 3.05) is 65.7 Å². The Bertz CT molecular complexity index is 347. The van der Waals surface area contributed by atoms with Crippen molar-refractivity contribution in [1.82, 2.24) is 9.80 Å². The van der Waals surface area contributed by atoms with E-state index in [9.17, 15) is 0 Å². The van der Waals surface area contributed by atoms with Crippen LogP contribution >= 0.6 is 0 Å². The molecule has 6 nitrogen and oxygen atoms in total. The second-order valence-corrected chi connectivity index (χ2v) is 9.24. The minimum atomic E-state index is -2.54. The molecule has 2 aliphatic heterocycles. The Labute approximate surface area is 148 Å². The number of hydrogen-bond donors (Lipinski definition) is 0. The van der Waals surface area contributed by atoms with Gasteiger partial charge in [-0.25, -0.2) is 0 Å². The largest absolute Gasteiger partial charge is 0.501 e. The molecular formula is C17H36N2O4Si. The topological polar surface area (TPSA) is 43.4 Å². The highest BCUT2D eigenvalue weighted by Gasteiger charge is 2.44. The summed E-state index contributed by atoms with van der Waals surface area (Å²) in [6, 6.07) is 0.872. The van der Waals surface area contributed by atoms with Crippen LogP contribution < -0.4 is 0 Å². The Hall–Kier alpha value is -0.0231. The molecule has 2 heterocycles. The molecule has 0 aromatic carbocycles. The van der Waals surface area contributed by atoms with Gasteiger partial charge < -0.3 is 22.9 Å². The Kier molecular flexibility index (Phi) is 9.18. The van der Waals surface area contributed by atoms with Gasteiger partial charge in [-0.2, -0.15) is 0 Å². The highest BCUT2D eigenvalue weighted by molar-refractivity contribution is 6.60. The summed E-state index contributed by atoms with van der Waals surface area (Å²) >= 11 is 0. The maximum absolute atomic E-state index is 6.44. The zero-order chi connectivity index (χ0) is 17.3. The smallest absolute Gasteiger partial charge is 0.379 e. The first-order valence-corrected chi connectivity index (χ1v) is 11.6. The molecule has 2 aliphatic rings. The van der Waals surface area contributed by atoms with E-state index >= 15 is 0 Å². The molecular weight excluding hydrogens is 324 g/mol. The summed E-state index contributed by atoms with van der Waals surface area (Å²) in [6.45, 7) is 15.7. The summed E-state index contributed by atoms with van der Waals surface area (Å²) < 4.78 is 24.5. The normalized spacial score (nSPS) is 30.2. The Balaban J connectivity index is 1.99. The third-order valence-corrected chi connectivity index (χ3v) is 7.85. The molecule has 0 aliphatic carbocycles. The third-order valence-electron chi connectivity index (χ3n) is 4.82. The third kappa shape index (κ3) is 6.37. The average Bonchev–Trinajstić information content (AvgIpc) is 2.65. The molecule has 2 unspecified atom stereocenters.